The van der Waals surface area contributed by atoms with Crippen LogP contribution in [-0.4, -0.2) is 42.1 Å². The third-order valence-electron chi connectivity index (χ3n) is 2.17. The smallest absolute Gasteiger partial charge is 0.249 e. The Hall–Kier alpha value is -0.680. The van der Waals surface area contributed by atoms with Gasteiger partial charge in [-0.25, -0.2) is 0 Å². The van der Waals surface area contributed by atoms with Crippen LogP contribution in [0.1, 0.15) is 12.8 Å². The minimum Gasteiger partial charge on any atom is -0.392 e. The van der Waals surface area contributed by atoms with Crippen LogP contribution >= 0.6 is 12.2 Å². The Labute approximate surface area is 83.0 Å². The summed E-state index contributed by atoms with van der Waals surface area (Å²) in [5.74, 6) is -0.0298. The first kappa shape index (κ1) is 10.4. The molecule has 0 aromatic rings. The number of amides is 1. The van der Waals surface area contributed by atoms with Crippen molar-refractivity contribution in [1.82, 2.24) is 4.90 Å². The zero-order valence-corrected chi connectivity index (χ0v) is 8.47. The Morgan fingerprint density at radius 3 is 3.00 bits per heavy atom. The van der Waals surface area contributed by atoms with Crippen molar-refractivity contribution in [2.75, 3.05) is 20.3 Å². The first-order valence-electron chi connectivity index (χ1n) is 4.24. The van der Waals surface area contributed by atoms with Crippen molar-refractivity contribution in [2.24, 2.45) is 5.73 Å². The van der Waals surface area contributed by atoms with E-state index in [0.29, 0.717) is 4.99 Å². The second-order valence-electron chi connectivity index (χ2n) is 3.08. The highest BCUT2D eigenvalue weighted by Crippen LogP contribution is 2.17. The molecule has 1 aliphatic rings. The second-order valence-corrected chi connectivity index (χ2v) is 3.55. The number of carbonyl (C=O) groups is 1. The molecule has 1 atom stereocenters. The molecule has 5 heteroatoms. The van der Waals surface area contributed by atoms with E-state index in [2.05, 4.69) is 0 Å². The minimum absolute atomic E-state index is 0.0298. The van der Waals surface area contributed by atoms with Gasteiger partial charge in [-0.05, 0) is 12.8 Å². The third kappa shape index (κ3) is 2.38. The van der Waals surface area contributed by atoms with Gasteiger partial charge in [0, 0.05) is 13.7 Å². The predicted octanol–water partition coefficient (Wildman–Crippen LogP) is -0.0901. The molecule has 0 aromatic carbocycles. The van der Waals surface area contributed by atoms with Gasteiger partial charge in [-0.3, -0.25) is 4.79 Å². The zero-order chi connectivity index (χ0) is 9.84. The molecular weight excluding hydrogens is 188 g/mol. The summed E-state index contributed by atoms with van der Waals surface area (Å²) in [6, 6.07) is -0.0577. The fourth-order valence-electron chi connectivity index (χ4n) is 1.57. The van der Waals surface area contributed by atoms with Gasteiger partial charge >= 0.3 is 0 Å². The molecule has 0 radical (unpaired) electrons. The van der Waals surface area contributed by atoms with Crippen molar-refractivity contribution in [1.29, 1.82) is 0 Å². The number of likely N-dealkylation sites (tertiary alicyclic amines) is 1. The second kappa shape index (κ2) is 4.53. The highest BCUT2D eigenvalue weighted by molar-refractivity contribution is 7.80. The Kier molecular flexibility index (Phi) is 3.62. The number of thiocarbonyl (C=S) groups is 1. The standard InChI is InChI=1S/C8H14N2O2S/c1-12-5-7(11)10-4-2-3-6(10)8(9)13/h6H,2-5H2,1H3,(H2,9,13). The molecule has 1 aliphatic heterocycles. The van der Waals surface area contributed by atoms with Gasteiger partial charge < -0.3 is 15.4 Å². The Bertz CT molecular complexity index is 220. The first-order chi connectivity index (χ1) is 6.16. The number of carbonyl (C=O) groups excluding carboxylic acids is 1. The van der Waals surface area contributed by atoms with Gasteiger partial charge in [0.05, 0.1) is 11.0 Å². The van der Waals surface area contributed by atoms with Crippen LogP contribution in [-0.2, 0) is 9.53 Å². The van der Waals surface area contributed by atoms with Crippen LogP contribution < -0.4 is 5.73 Å². The fourth-order valence-corrected chi connectivity index (χ4v) is 1.81. The van der Waals surface area contributed by atoms with E-state index in [1.165, 1.54) is 7.11 Å². The van der Waals surface area contributed by atoms with Crippen LogP contribution in [0.25, 0.3) is 0 Å². The molecular formula is C8H14N2O2S. The lowest BCUT2D eigenvalue weighted by Gasteiger charge is -2.23. The molecule has 13 heavy (non-hydrogen) atoms. The summed E-state index contributed by atoms with van der Waals surface area (Å²) in [5, 5.41) is 0. The van der Waals surface area contributed by atoms with Crippen molar-refractivity contribution in [3.63, 3.8) is 0 Å². The molecule has 4 nitrogen and oxygen atoms in total. The lowest BCUT2D eigenvalue weighted by atomic mass is 10.2. The Morgan fingerprint density at radius 1 is 1.77 bits per heavy atom. The molecule has 74 valence electrons. The van der Waals surface area contributed by atoms with Gasteiger partial charge in [0.15, 0.2) is 0 Å². The van der Waals surface area contributed by atoms with Crippen molar-refractivity contribution in [3.8, 4) is 0 Å². The average Bonchev–Trinajstić information content (AvgIpc) is 2.52. The summed E-state index contributed by atoms with van der Waals surface area (Å²) >= 11 is 4.88. The minimum atomic E-state index is -0.0577. The van der Waals surface area contributed by atoms with Crippen LogP contribution in [0.2, 0.25) is 0 Å². The lowest BCUT2D eigenvalue weighted by Crippen LogP contribution is -2.44. The van der Waals surface area contributed by atoms with Gasteiger partial charge in [-0.15, -0.1) is 0 Å². The summed E-state index contributed by atoms with van der Waals surface area (Å²) in [6.07, 6.45) is 1.85. The maximum atomic E-state index is 11.4. The molecule has 0 bridgehead atoms. The van der Waals surface area contributed by atoms with Crippen molar-refractivity contribution >= 4 is 23.1 Å². The summed E-state index contributed by atoms with van der Waals surface area (Å²) in [7, 11) is 1.50. The Balaban J connectivity index is 2.57. The number of nitrogens with two attached hydrogens (primary N) is 1. The van der Waals surface area contributed by atoms with E-state index in [4.69, 9.17) is 22.7 Å². The van der Waals surface area contributed by atoms with Crippen molar-refractivity contribution < 1.29 is 9.53 Å². The molecule has 0 aliphatic carbocycles. The quantitative estimate of drug-likeness (QED) is 0.650. The van der Waals surface area contributed by atoms with Crippen LogP contribution in [0.5, 0.6) is 0 Å². The molecule has 2 N–H and O–H groups in total. The first-order valence-corrected chi connectivity index (χ1v) is 4.65. The normalized spacial score (nSPS) is 21.9. The summed E-state index contributed by atoms with van der Waals surface area (Å²) < 4.78 is 4.77. The lowest BCUT2D eigenvalue weighted by molar-refractivity contribution is -0.134. The topological polar surface area (TPSA) is 55.6 Å². The maximum Gasteiger partial charge on any atom is 0.249 e. The van der Waals surface area contributed by atoms with Gasteiger partial charge in [-0.1, -0.05) is 12.2 Å². The van der Waals surface area contributed by atoms with E-state index in [1.807, 2.05) is 0 Å². The number of nitrogens with zero attached hydrogens (tertiary/aromatic N) is 1. The maximum absolute atomic E-state index is 11.4. The number of ether oxygens (including phenoxy) is 1. The molecule has 0 spiro atoms. The number of rotatable bonds is 3. The summed E-state index contributed by atoms with van der Waals surface area (Å²) in [6.45, 7) is 0.851. The third-order valence-corrected chi connectivity index (χ3v) is 2.44. The SMILES string of the molecule is COCC(=O)N1CCCC1C(N)=S. The van der Waals surface area contributed by atoms with E-state index < -0.39 is 0 Å². The highest BCUT2D eigenvalue weighted by atomic mass is 32.1. The van der Waals surface area contributed by atoms with Crippen LogP contribution in [0.4, 0.5) is 0 Å². The average molecular weight is 202 g/mol. The van der Waals surface area contributed by atoms with Crippen LogP contribution in [0.15, 0.2) is 0 Å². The van der Waals surface area contributed by atoms with Gasteiger partial charge in [0.1, 0.15) is 6.61 Å². The molecule has 0 aromatic heterocycles. The number of methoxy groups -OCH3 is 1. The molecule has 0 saturated carbocycles. The zero-order valence-electron chi connectivity index (χ0n) is 7.66. The molecule has 1 rings (SSSR count). The van der Waals surface area contributed by atoms with Gasteiger partial charge in [0.2, 0.25) is 5.91 Å². The summed E-state index contributed by atoms with van der Waals surface area (Å²) in [4.78, 5) is 13.6. The number of hydrogen-bond donors (Lipinski definition) is 1. The molecule has 1 heterocycles. The van der Waals surface area contributed by atoms with E-state index in [1.54, 1.807) is 4.90 Å². The monoisotopic (exact) mass is 202 g/mol. The van der Waals surface area contributed by atoms with E-state index >= 15 is 0 Å². The van der Waals surface area contributed by atoms with E-state index in [9.17, 15) is 4.79 Å². The van der Waals surface area contributed by atoms with E-state index in [0.717, 1.165) is 19.4 Å². The highest BCUT2D eigenvalue weighted by Gasteiger charge is 2.30. The molecule has 1 fully saturated rings. The van der Waals surface area contributed by atoms with E-state index in [-0.39, 0.29) is 18.6 Å². The summed E-state index contributed by atoms with van der Waals surface area (Å²) in [5.41, 5.74) is 5.52. The van der Waals surface area contributed by atoms with Gasteiger partial charge in [-0.2, -0.15) is 0 Å². The molecule has 1 unspecified atom stereocenters. The molecule has 1 amide bonds. The van der Waals surface area contributed by atoms with Crippen molar-refractivity contribution in [2.45, 2.75) is 18.9 Å². The van der Waals surface area contributed by atoms with Crippen molar-refractivity contribution in [3.05, 3.63) is 0 Å². The van der Waals surface area contributed by atoms with Gasteiger partial charge in [0.25, 0.3) is 0 Å². The molecule has 1 saturated heterocycles. The largest absolute Gasteiger partial charge is 0.392 e. The van der Waals surface area contributed by atoms with Crippen LogP contribution in [0.3, 0.4) is 0 Å². The number of hydrogen-bond acceptors (Lipinski definition) is 3. The Morgan fingerprint density at radius 2 is 2.46 bits per heavy atom. The predicted molar refractivity (Wildman–Crippen MR) is 53.4 cm³/mol. The van der Waals surface area contributed by atoms with Crippen LogP contribution in [0, 0.1) is 0 Å². The fraction of sp³-hybridized carbons (Fsp3) is 0.750.